The molecule has 1 aromatic heterocycles. The third-order valence-electron chi connectivity index (χ3n) is 6.93. The fraction of sp³-hybridized carbons (Fsp3) is 0.407. The summed E-state index contributed by atoms with van der Waals surface area (Å²) in [4.78, 5) is 31.4. The lowest BCUT2D eigenvalue weighted by Crippen LogP contribution is -2.48. The van der Waals surface area contributed by atoms with Crippen LogP contribution in [0.2, 0.25) is 0 Å². The van der Waals surface area contributed by atoms with Gasteiger partial charge in [0.05, 0.1) is 5.69 Å². The zero-order valence-corrected chi connectivity index (χ0v) is 20.0. The van der Waals surface area contributed by atoms with Crippen molar-refractivity contribution < 1.29 is 14.3 Å². The molecule has 5 rings (SSSR count). The lowest BCUT2D eigenvalue weighted by molar-refractivity contribution is -0.133. The van der Waals surface area contributed by atoms with Crippen LogP contribution >= 0.6 is 0 Å². The van der Waals surface area contributed by atoms with E-state index in [1.54, 1.807) is 4.90 Å². The third kappa shape index (κ3) is 4.53. The zero-order chi connectivity index (χ0) is 23.7. The Morgan fingerprint density at radius 1 is 1.06 bits per heavy atom. The monoisotopic (exact) mass is 460 g/mol. The standard InChI is InChI=1S/C27H32N4O3/c1-20-9-10-25-24(16-20)31(27(33)19-34-25)11-5-8-26(32)30-14-12-29(13-15-30)18-21-17-28(2)23-7-4-3-6-22(21)23/h3-4,6-7,9-10,16-17H,5,8,11-15,18-19H2,1-2H3. The number of aromatic nitrogens is 1. The lowest BCUT2D eigenvalue weighted by atomic mass is 10.1. The van der Waals surface area contributed by atoms with Crippen molar-refractivity contribution in [1.29, 1.82) is 0 Å². The molecule has 2 aliphatic heterocycles. The summed E-state index contributed by atoms with van der Waals surface area (Å²) in [6.07, 6.45) is 3.32. The molecule has 0 N–H and O–H groups in total. The molecule has 1 saturated heterocycles. The predicted molar refractivity (Wildman–Crippen MR) is 133 cm³/mol. The maximum atomic E-state index is 12.8. The van der Waals surface area contributed by atoms with Crippen molar-refractivity contribution in [2.75, 3.05) is 44.2 Å². The second kappa shape index (κ2) is 9.50. The second-order valence-electron chi connectivity index (χ2n) is 9.35. The number of anilines is 1. The van der Waals surface area contributed by atoms with Crippen LogP contribution in [0.5, 0.6) is 5.75 Å². The van der Waals surface area contributed by atoms with E-state index in [-0.39, 0.29) is 18.4 Å². The number of fused-ring (bicyclic) bond motifs is 2. The Morgan fingerprint density at radius 3 is 2.68 bits per heavy atom. The quantitative estimate of drug-likeness (QED) is 0.566. The van der Waals surface area contributed by atoms with Gasteiger partial charge in [0.2, 0.25) is 5.91 Å². The second-order valence-corrected chi connectivity index (χ2v) is 9.35. The van der Waals surface area contributed by atoms with Gasteiger partial charge in [-0.15, -0.1) is 0 Å². The largest absolute Gasteiger partial charge is 0.482 e. The van der Waals surface area contributed by atoms with E-state index in [0.29, 0.717) is 19.4 Å². The van der Waals surface area contributed by atoms with Gasteiger partial charge in [0.25, 0.3) is 5.91 Å². The van der Waals surface area contributed by atoms with Crippen LogP contribution in [0.15, 0.2) is 48.7 Å². The fourth-order valence-corrected chi connectivity index (χ4v) is 5.05. The molecule has 0 spiro atoms. The zero-order valence-electron chi connectivity index (χ0n) is 20.0. The van der Waals surface area contributed by atoms with Gasteiger partial charge < -0.3 is 19.1 Å². The van der Waals surface area contributed by atoms with Crippen molar-refractivity contribution in [3.05, 3.63) is 59.8 Å². The molecular formula is C27H32N4O3. The molecule has 2 amide bonds. The van der Waals surface area contributed by atoms with E-state index >= 15 is 0 Å². The first-order valence-electron chi connectivity index (χ1n) is 12.1. The number of hydrogen-bond acceptors (Lipinski definition) is 4. The highest BCUT2D eigenvalue weighted by Crippen LogP contribution is 2.33. The van der Waals surface area contributed by atoms with Crippen LogP contribution in [0.25, 0.3) is 10.9 Å². The number of ether oxygens (including phenoxy) is 1. The van der Waals surface area contributed by atoms with E-state index in [0.717, 1.165) is 49.7 Å². The number of carbonyl (C=O) groups excluding carboxylic acids is 2. The summed E-state index contributed by atoms with van der Waals surface area (Å²) < 4.78 is 7.73. The summed E-state index contributed by atoms with van der Waals surface area (Å²) in [6, 6.07) is 14.4. The molecule has 3 heterocycles. The summed E-state index contributed by atoms with van der Waals surface area (Å²) in [5, 5.41) is 1.30. The third-order valence-corrected chi connectivity index (χ3v) is 6.93. The number of carbonyl (C=O) groups is 2. The van der Waals surface area contributed by atoms with Crippen LogP contribution in [0.4, 0.5) is 5.69 Å². The first-order valence-corrected chi connectivity index (χ1v) is 12.1. The molecule has 3 aromatic rings. The smallest absolute Gasteiger partial charge is 0.265 e. The normalized spacial score (nSPS) is 16.6. The number of hydrogen-bond donors (Lipinski definition) is 0. The molecule has 0 saturated carbocycles. The molecule has 0 aliphatic carbocycles. The molecule has 7 nitrogen and oxygen atoms in total. The van der Waals surface area contributed by atoms with Crippen molar-refractivity contribution >= 4 is 28.4 Å². The number of rotatable bonds is 6. The van der Waals surface area contributed by atoms with Crippen LogP contribution in [0.1, 0.15) is 24.0 Å². The molecule has 2 aromatic carbocycles. The molecule has 0 radical (unpaired) electrons. The molecule has 0 atom stereocenters. The molecule has 2 aliphatic rings. The Balaban J connectivity index is 1.11. The van der Waals surface area contributed by atoms with Crippen LogP contribution < -0.4 is 9.64 Å². The fourth-order valence-electron chi connectivity index (χ4n) is 5.05. The first-order chi connectivity index (χ1) is 16.5. The van der Waals surface area contributed by atoms with Crippen molar-refractivity contribution in [2.45, 2.75) is 26.3 Å². The first kappa shape index (κ1) is 22.5. The van der Waals surface area contributed by atoms with E-state index < -0.39 is 0 Å². The van der Waals surface area contributed by atoms with E-state index in [1.807, 2.05) is 30.0 Å². The van der Waals surface area contributed by atoms with E-state index in [9.17, 15) is 9.59 Å². The number of amides is 2. The Kier molecular flexibility index (Phi) is 6.28. The Bertz CT molecular complexity index is 1210. The topological polar surface area (TPSA) is 58.0 Å². The molecule has 34 heavy (non-hydrogen) atoms. The summed E-state index contributed by atoms with van der Waals surface area (Å²) in [7, 11) is 2.09. The van der Waals surface area contributed by atoms with Crippen molar-refractivity contribution in [1.82, 2.24) is 14.4 Å². The summed E-state index contributed by atoms with van der Waals surface area (Å²) in [5.41, 5.74) is 4.48. The van der Waals surface area contributed by atoms with Gasteiger partial charge in [-0.1, -0.05) is 24.3 Å². The van der Waals surface area contributed by atoms with E-state index in [1.165, 1.54) is 16.5 Å². The van der Waals surface area contributed by atoms with Gasteiger partial charge in [-0.05, 0) is 42.7 Å². The lowest BCUT2D eigenvalue weighted by Gasteiger charge is -2.35. The van der Waals surface area contributed by atoms with Gasteiger partial charge in [-0.25, -0.2) is 0 Å². The van der Waals surface area contributed by atoms with Crippen LogP contribution in [-0.4, -0.2) is 65.5 Å². The molecule has 178 valence electrons. The number of nitrogens with zero attached hydrogens (tertiary/aromatic N) is 4. The number of para-hydroxylation sites is 1. The molecular weight excluding hydrogens is 428 g/mol. The maximum absolute atomic E-state index is 12.8. The summed E-state index contributed by atoms with van der Waals surface area (Å²) in [5.74, 6) is 0.862. The average Bonchev–Trinajstić information content (AvgIpc) is 3.16. The van der Waals surface area contributed by atoms with Gasteiger partial charge in [0.1, 0.15) is 5.75 Å². The summed E-state index contributed by atoms with van der Waals surface area (Å²) in [6.45, 7) is 6.76. The van der Waals surface area contributed by atoms with Gasteiger partial charge >= 0.3 is 0 Å². The SMILES string of the molecule is Cc1ccc2c(c1)N(CCCC(=O)N1CCN(Cc3cn(C)c4ccccc34)CC1)C(=O)CO2. The molecule has 0 unspecified atom stereocenters. The summed E-state index contributed by atoms with van der Waals surface area (Å²) >= 11 is 0. The maximum Gasteiger partial charge on any atom is 0.265 e. The Labute approximate surface area is 200 Å². The van der Waals surface area contributed by atoms with E-state index in [2.05, 4.69) is 47.0 Å². The minimum atomic E-state index is -0.0485. The van der Waals surface area contributed by atoms with Crippen molar-refractivity contribution in [3.63, 3.8) is 0 Å². The molecule has 7 heteroatoms. The average molecular weight is 461 g/mol. The highest BCUT2D eigenvalue weighted by Gasteiger charge is 2.26. The minimum absolute atomic E-state index is 0.0485. The number of aryl methyl sites for hydroxylation is 2. The van der Waals surface area contributed by atoms with Gasteiger partial charge in [0.15, 0.2) is 6.61 Å². The predicted octanol–water partition coefficient (Wildman–Crippen LogP) is 3.34. The molecule has 1 fully saturated rings. The molecule has 0 bridgehead atoms. The number of benzene rings is 2. The Morgan fingerprint density at radius 2 is 1.85 bits per heavy atom. The highest BCUT2D eigenvalue weighted by atomic mass is 16.5. The van der Waals surface area contributed by atoms with Crippen molar-refractivity contribution in [3.8, 4) is 5.75 Å². The van der Waals surface area contributed by atoms with Gasteiger partial charge in [-0.2, -0.15) is 0 Å². The highest BCUT2D eigenvalue weighted by molar-refractivity contribution is 5.98. The van der Waals surface area contributed by atoms with Crippen molar-refractivity contribution in [2.24, 2.45) is 7.05 Å². The van der Waals surface area contributed by atoms with Crippen LogP contribution in [0, 0.1) is 6.92 Å². The van der Waals surface area contributed by atoms with Gasteiger partial charge in [-0.3, -0.25) is 14.5 Å². The van der Waals surface area contributed by atoms with Gasteiger partial charge in [0, 0.05) is 69.8 Å². The van der Waals surface area contributed by atoms with Crippen LogP contribution in [-0.2, 0) is 23.2 Å². The minimum Gasteiger partial charge on any atom is -0.482 e. The Hall–Kier alpha value is -3.32. The van der Waals surface area contributed by atoms with Crippen LogP contribution in [0.3, 0.4) is 0 Å². The van der Waals surface area contributed by atoms with E-state index in [4.69, 9.17) is 4.74 Å². The number of piperazine rings is 1.